The first-order valence-electron chi connectivity index (χ1n) is 9.03. The van der Waals surface area contributed by atoms with Crippen LogP contribution < -0.4 is 5.32 Å². The molecule has 0 aromatic heterocycles. The van der Waals surface area contributed by atoms with Crippen LogP contribution in [0.2, 0.25) is 0 Å². The Balaban J connectivity index is 2.23. The molecule has 2 rings (SSSR count). The van der Waals surface area contributed by atoms with Gasteiger partial charge in [0.1, 0.15) is 0 Å². The first-order valence-corrected chi connectivity index (χ1v) is 10.0. The van der Waals surface area contributed by atoms with Crippen molar-refractivity contribution in [3.8, 4) is 0 Å². The van der Waals surface area contributed by atoms with Crippen LogP contribution >= 0.6 is 11.8 Å². The topological polar surface area (TPSA) is 64.6 Å². The molecule has 1 heterocycles. The van der Waals surface area contributed by atoms with Gasteiger partial charge in [-0.25, -0.2) is 0 Å². The lowest BCUT2D eigenvalue weighted by atomic mass is 9.78. The summed E-state index contributed by atoms with van der Waals surface area (Å²) in [6.45, 7) is 9.60. The summed E-state index contributed by atoms with van der Waals surface area (Å²) in [5.41, 5.74) is 1.96. The van der Waals surface area contributed by atoms with Gasteiger partial charge in [0, 0.05) is 19.7 Å². The van der Waals surface area contributed by atoms with E-state index in [4.69, 9.17) is 9.31 Å². The van der Waals surface area contributed by atoms with Gasteiger partial charge in [-0.3, -0.25) is 9.59 Å². The molecule has 0 bridgehead atoms. The molecule has 1 aromatic carbocycles. The number of benzene rings is 1. The molecule has 0 saturated carbocycles. The van der Waals surface area contributed by atoms with Crippen molar-refractivity contribution in [3.63, 3.8) is 0 Å². The van der Waals surface area contributed by atoms with Gasteiger partial charge in [-0.15, -0.1) is 0 Å². The Morgan fingerprint density at radius 2 is 1.67 bits per heavy atom. The van der Waals surface area contributed by atoms with E-state index in [2.05, 4.69) is 5.32 Å². The van der Waals surface area contributed by atoms with Crippen molar-refractivity contribution in [2.75, 3.05) is 12.8 Å². The van der Waals surface area contributed by atoms with Gasteiger partial charge in [0.15, 0.2) is 5.12 Å². The van der Waals surface area contributed by atoms with Crippen LogP contribution in [-0.2, 0) is 25.3 Å². The highest BCUT2D eigenvalue weighted by molar-refractivity contribution is 8.13. The third-order valence-electron chi connectivity index (χ3n) is 4.97. The average molecular weight is 389 g/mol. The number of hydrogen-bond acceptors (Lipinski definition) is 5. The molecule has 0 radical (unpaired) electrons. The van der Waals surface area contributed by atoms with Crippen LogP contribution in [0.4, 0.5) is 0 Å². The summed E-state index contributed by atoms with van der Waals surface area (Å²) in [6, 6.07) is 7.78. The van der Waals surface area contributed by atoms with E-state index in [1.54, 1.807) is 14.0 Å². The van der Waals surface area contributed by atoms with E-state index >= 15 is 0 Å². The summed E-state index contributed by atoms with van der Waals surface area (Å²) in [5, 5.41) is 2.68. The van der Waals surface area contributed by atoms with Crippen LogP contribution in [0, 0.1) is 0 Å². The quantitative estimate of drug-likeness (QED) is 0.757. The number of thioether (sulfide) groups is 1. The van der Waals surface area contributed by atoms with E-state index in [0.717, 1.165) is 16.6 Å². The van der Waals surface area contributed by atoms with Gasteiger partial charge >= 0.3 is 7.12 Å². The van der Waals surface area contributed by atoms with Crippen LogP contribution in [0.25, 0.3) is 6.08 Å². The summed E-state index contributed by atoms with van der Waals surface area (Å²) in [5.74, 6) is 0.487. The summed E-state index contributed by atoms with van der Waals surface area (Å²) >= 11 is 1.24. The van der Waals surface area contributed by atoms with Crippen molar-refractivity contribution in [2.24, 2.45) is 0 Å². The number of carbonyl (C=O) groups is 2. The fourth-order valence-corrected chi connectivity index (χ4v) is 3.17. The molecule has 1 aliphatic heterocycles. The number of amides is 1. The summed E-state index contributed by atoms with van der Waals surface area (Å²) in [7, 11) is 1.13. The van der Waals surface area contributed by atoms with Crippen molar-refractivity contribution < 1.29 is 18.9 Å². The minimum absolute atomic E-state index is 0.0194. The van der Waals surface area contributed by atoms with Gasteiger partial charge in [-0.1, -0.05) is 42.1 Å². The van der Waals surface area contributed by atoms with E-state index in [9.17, 15) is 9.59 Å². The Morgan fingerprint density at radius 3 is 2.15 bits per heavy atom. The lowest BCUT2D eigenvalue weighted by molar-refractivity contribution is -0.120. The molecule has 0 spiro atoms. The monoisotopic (exact) mass is 389 g/mol. The Hall–Kier alpha value is -1.57. The summed E-state index contributed by atoms with van der Waals surface area (Å²) in [6.07, 6.45) is 2.35. The maximum atomic E-state index is 11.5. The largest absolute Gasteiger partial charge is 0.491 e. The minimum atomic E-state index is -0.493. The molecule has 0 unspecified atom stereocenters. The molecule has 5 nitrogen and oxygen atoms in total. The van der Waals surface area contributed by atoms with Gasteiger partial charge in [0.2, 0.25) is 5.91 Å². The molecule has 1 N–H and O–H groups in total. The third kappa shape index (κ3) is 5.70. The van der Waals surface area contributed by atoms with Gasteiger partial charge in [0.25, 0.3) is 0 Å². The summed E-state index contributed by atoms with van der Waals surface area (Å²) in [4.78, 5) is 23.0. The Labute approximate surface area is 166 Å². The molecule has 1 amide bonds. The predicted octanol–water partition coefficient (Wildman–Crippen LogP) is 3.27. The first kappa shape index (κ1) is 21.7. The Kier molecular flexibility index (Phi) is 6.95. The maximum absolute atomic E-state index is 11.5. The lowest BCUT2D eigenvalue weighted by Crippen LogP contribution is -2.41. The molecule has 1 fully saturated rings. The highest BCUT2D eigenvalue weighted by Gasteiger charge is 2.52. The Morgan fingerprint density at radius 1 is 1.11 bits per heavy atom. The zero-order valence-corrected chi connectivity index (χ0v) is 17.7. The van der Waals surface area contributed by atoms with E-state index in [-0.39, 0.29) is 11.0 Å². The summed E-state index contributed by atoms with van der Waals surface area (Å²) < 4.78 is 12.3. The van der Waals surface area contributed by atoms with E-state index < -0.39 is 18.3 Å². The third-order valence-corrected chi connectivity index (χ3v) is 5.86. The molecule has 1 saturated heterocycles. The van der Waals surface area contributed by atoms with E-state index in [1.807, 2.05) is 58.0 Å². The second-order valence-corrected chi connectivity index (χ2v) is 8.83. The van der Waals surface area contributed by atoms with E-state index in [0.29, 0.717) is 12.2 Å². The zero-order chi connectivity index (χ0) is 20.2. The molecular formula is C20H28BNO4S. The first-order chi connectivity index (χ1) is 12.5. The van der Waals surface area contributed by atoms with E-state index in [1.165, 1.54) is 11.8 Å². The number of rotatable bonds is 6. The number of nitrogens with one attached hydrogen (secondary N) is 1. The van der Waals surface area contributed by atoms with Crippen LogP contribution in [0.15, 0.2) is 29.7 Å². The molecule has 146 valence electrons. The number of hydrogen-bond donors (Lipinski definition) is 1. The SMILES string of the molecule is CNC(=O)Cc1ccc(C=C(CSC(C)=O)B2OC(C)(C)C(C)(C)O2)cc1. The van der Waals surface area contributed by atoms with Gasteiger partial charge in [-0.05, 0) is 44.3 Å². The normalized spacial score (nSPS) is 18.4. The second-order valence-electron chi connectivity index (χ2n) is 7.68. The van der Waals surface area contributed by atoms with Crippen molar-refractivity contribution in [1.29, 1.82) is 0 Å². The molecule has 1 aromatic rings. The molecular weight excluding hydrogens is 361 g/mol. The average Bonchev–Trinajstić information content (AvgIpc) is 2.80. The minimum Gasteiger partial charge on any atom is -0.400 e. The highest BCUT2D eigenvalue weighted by Crippen LogP contribution is 2.39. The predicted molar refractivity (Wildman–Crippen MR) is 111 cm³/mol. The lowest BCUT2D eigenvalue weighted by Gasteiger charge is -2.32. The van der Waals surface area contributed by atoms with Crippen molar-refractivity contribution >= 4 is 36.0 Å². The van der Waals surface area contributed by atoms with Crippen LogP contribution in [0.1, 0.15) is 45.7 Å². The van der Waals surface area contributed by atoms with Crippen LogP contribution in [0.3, 0.4) is 0 Å². The van der Waals surface area contributed by atoms with Gasteiger partial charge in [-0.2, -0.15) is 0 Å². The fourth-order valence-electron chi connectivity index (χ4n) is 2.58. The zero-order valence-electron chi connectivity index (χ0n) is 16.9. The molecule has 1 aliphatic rings. The molecule has 0 atom stereocenters. The molecule has 27 heavy (non-hydrogen) atoms. The molecule has 7 heteroatoms. The maximum Gasteiger partial charge on any atom is 0.491 e. The van der Waals surface area contributed by atoms with Crippen LogP contribution in [-0.4, -0.2) is 42.1 Å². The van der Waals surface area contributed by atoms with Crippen molar-refractivity contribution in [3.05, 3.63) is 40.9 Å². The Bertz CT molecular complexity index is 712. The highest BCUT2D eigenvalue weighted by atomic mass is 32.2. The fraction of sp³-hybridized carbons (Fsp3) is 0.500. The van der Waals surface area contributed by atoms with Crippen LogP contribution in [0.5, 0.6) is 0 Å². The second kappa shape index (κ2) is 8.63. The van der Waals surface area contributed by atoms with Crippen molar-refractivity contribution in [1.82, 2.24) is 5.32 Å². The van der Waals surface area contributed by atoms with Gasteiger partial charge < -0.3 is 14.6 Å². The standard InChI is InChI=1S/C20H28BNO4S/c1-14(23)27-13-17(21-25-19(2,3)20(4,5)26-21)11-15-7-9-16(10-8-15)12-18(24)22-6/h7-11H,12-13H2,1-6H3,(H,22,24). The number of carbonyl (C=O) groups excluding carboxylic acids is 2. The number of likely N-dealkylation sites (N-methyl/N-ethyl adjacent to an activating group) is 1. The van der Waals surface area contributed by atoms with Gasteiger partial charge in [0.05, 0.1) is 17.6 Å². The molecule has 0 aliphatic carbocycles. The smallest absolute Gasteiger partial charge is 0.400 e. The van der Waals surface area contributed by atoms with Crippen molar-refractivity contribution in [2.45, 2.75) is 52.2 Å².